The zero-order valence-electron chi connectivity index (χ0n) is 17.4. The molecule has 0 atom stereocenters. The molecule has 3 aromatic carbocycles. The number of nitrogens with two attached hydrogens (primary N) is 1. The monoisotopic (exact) mass is 466 g/mol. The molecule has 0 radical (unpaired) electrons. The molecule has 0 bridgehead atoms. The van der Waals surface area contributed by atoms with Crippen molar-refractivity contribution < 1.29 is 18.8 Å². The lowest BCUT2D eigenvalue weighted by atomic mass is 10.1. The number of benzene rings is 3. The number of nitrogen functional groups attached to an aromatic ring is 1. The largest absolute Gasteiger partial charge is 0.383 e. The molecule has 1 aromatic heterocycles. The molecule has 0 saturated heterocycles. The van der Waals surface area contributed by atoms with Crippen molar-refractivity contribution in [2.45, 2.75) is 16.2 Å². The van der Waals surface area contributed by atoms with Crippen LogP contribution in [0.3, 0.4) is 0 Å². The van der Waals surface area contributed by atoms with Crippen molar-refractivity contribution in [1.29, 1.82) is 0 Å². The molecule has 0 aliphatic carbocycles. The van der Waals surface area contributed by atoms with Gasteiger partial charge >= 0.3 is 0 Å². The minimum atomic E-state index is -3.56. The van der Waals surface area contributed by atoms with Gasteiger partial charge in [0.05, 0.1) is 32.1 Å². The normalized spacial score (nSPS) is 11.3. The number of hydrogen-bond acceptors (Lipinski definition) is 10. The lowest BCUT2D eigenvalue weighted by molar-refractivity contribution is 0.385. The molecule has 0 spiro atoms. The number of hydrogen-bond donors (Lipinski definition) is 6. The predicted molar refractivity (Wildman–Crippen MR) is 125 cm³/mol. The molecular formula is C22H22N6O4S. The highest BCUT2D eigenvalue weighted by molar-refractivity contribution is 7.91. The fourth-order valence-corrected chi connectivity index (χ4v) is 4.78. The van der Waals surface area contributed by atoms with Crippen LogP contribution in [0.25, 0.3) is 10.9 Å². The van der Waals surface area contributed by atoms with Crippen LogP contribution < -0.4 is 22.0 Å². The lowest BCUT2D eigenvalue weighted by Crippen LogP contribution is -2.09. The third kappa shape index (κ3) is 4.51. The van der Waals surface area contributed by atoms with E-state index in [1.54, 1.807) is 66.7 Å². The summed E-state index contributed by atoms with van der Waals surface area (Å²) in [6.45, 7) is 0.489. The van der Waals surface area contributed by atoms with Crippen LogP contribution in [0.5, 0.6) is 0 Å². The molecule has 0 amide bonds. The Morgan fingerprint density at radius 3 is 2.21 bits per heavy atom. The van der Waals surface area contributed by atoms with E-state index in [9.17, 15) is 18.8 Å². The summed E-state index contributed by atoms with van der Waals surface area (Å²) in [6, 6.07) is 18.4. The van der Waals surface area contributed by atoms with E-state index in [4.69, 9.17) is 5.73 Å². The van der Waals surface area contributed by atoms with Gasteiger partial charge in [-0.2, -0.15) is 4.98 Å². The van der Waals surface area contributed by atoms with E-state index < -0.39 is 9.84 Å². The highest BCUT2D eigenvalue weighted by Crippen LogP contribution is 2.34. The second kappa shape index (κ2) is 9.28. The summed E-state index contributed by atoms with van der Waals surface area (Å²) in [5.41, 5.74) is 11.9. The molecule has 33 heavy (non-hydrogen) atoms. The minimum Gasteiger partial charge on any atom is -0.383 e. The number of anilines is 4. The maximum atomic E-state index is 12.7. The molecule has 0 aliphatic heterocycles. The van der Waals surface area contributed by atoms with E-state index in [2.05, 4.69) is 20.8 Å². The smallest absolute Gasteiger partial charge is 0.222 e. The number of nitrogens with one attached hydrogen (secondary N) is 3. The summed E-state index contributed by atoms with van der Waals surface area (Å²) in [7, 11) is -3.56. The first kappa shape index (κ1) is 22.3. The average Bonchev–Trinajstić information content (AvgIpc) is 2.84. The Hall–Kier alpha value is -3.93. The van der Waals surface area contributed by atoms with Crippen LogP contribution in [0.2, 0.25) is 0 Å². The highest BCUT2D eigenvalue weighted by Gasteiger charge is 2.17. The molecule has 1 heterocycles. The molecule has 0 unspecified atom stereocenters. The van der Waals surface area contributed by atoms with E-state index in [-0.39, 0.29) is 27.2 Å². The predicted octanol–water partition coefficient (Wildman–Crippen LogP) is 3.30. The second-order valence-electron chi connectivity index (χ2n) is 7.17. The van der Waals surface area contributed by atoms with E-state index in [1.165, 1.54) is 0 Å². The molecule has 11 heteroatoms. The molecule has 4 rings (SSSR count). The third-order valence-electron chi connectivity index (χ3n) is 5.12. The van der Waals surface area contributed by atoms with E-state index in [1.807, 2.05) is 5.48 Å². The third-order valence-corrected chi connectivity index (χ3v) is 6.90. The Bertz CT molecular complexity index is 1380. The zero-order chi connectivity index (χ0) is 23.4. The van der Waals surface area contributed by atoms with Gasteiger partial charge in [-0.3, -0.25) is 21.4 Å². The Labute approximate surface area is 190 Å². The van der Waals surface area contributed by atoms with Crippen LogP contribution in [0.1, 0.15) is 5.56 Å². The average molecular weight is 467 g/mol. The van der Waals surface area contributed by atoms with Gasteiger partial charge in [0.1, 0.15) is 0 Å². The van der Waals surface area contributed by atoms with Gasteiger partial charge in [-0.05, 0) is 48.4 Å². The van der Waals surface area contributed by atoms with Gasteiger partial charge in [0.2, 0.25) is 15.8 Å². The number of nitrogens with zero attached hydrogens (tertiary/aromatic N) is 2. The van der Waals surface area contributed by atoms with Crippen molar-refractivity contribution in [1.82, 2.24) is 9.97 Å². The van der Waals surface area contributed by atoms with Gasteiger partial charge < -0.3 is 11.1 Å². The van der Waals surface area contributed by atoms with Crippen molar-refractivity contribution in [2.75, 3.05) is 28.6 Å². The standard InChI is InChI=1S/C22H22N6O4S/c23-22-25-17-10-11-18(20(27-29)19(17)21(26-22)28-30)24-13-12-14-6-8-16(9-7-14)33(31,32)15-4-2-1-3-5-15/h1-11,24,27,29-30H,12-13H2,(H3,23,25,26,28). The molecular weight excluding hydrogens is 444 g/mol. The number of fused-ring (bicyclic) bond motifs is 1. The fourth-order valence-electron chi connectivity index (χ4n) is 3.50. The Morgan fingerprint density at radius 1 is 0.848 bits per heavy atom. The minimum absolute atomic E-state index is 0.0265. The maximum absolute atomic E-state index is 12.7. The summed E-state index contributed by atoms with van der Waals surface area (Å²) in [5, 5.41) is 22.6. The van der Waals surface area contributed by atoms with Gasteiger partial charge in [-0.15, -0.1) is 0 Å². The van der Waals surface area contributed by atoms with Crippen LogP contribution in [-0.4, -0.2) is 35.3 Å². The fraction of sp³-hybridized carbons (Fsp3) is 0.0909. The lowest BCUT2D eigenvalue weighted by Gasteiger charge is -2.15. The van der Waals surface area contributed by atoms with Crippen LogP contribution in [0, 0.1) is 0 Å². The second-order valence-corrected chi connectivity index (χ2v) is 9.12. The van der Waals surface area contributed by atoms with E-state index >= 15 is 0 Å². The van der Waals surface area contributed by atoms with Gasteiger partial charge in [0.15, 0.2) is 5.82 Å². The first-order chi connectivity index (χ1) is 15.9. The van der Waals surface area contributed by atoms with E-state index in [0.717, 1.165) is 5.56 Å². The van der Waals surface area contributed by atoms with E-state index in [0.29, 0.717) is 29.6 Å². The van der Waals surface area contributed by atoms with Gasteiger partial charge in [-0.25, -0.2) is 13.4 Å². The molecule has 170 valence electrons. The Balaban J connectivity index is 1.49. The summed E-state index contributed by atoms with van der Waals surface area (Å²) >= 11 is 0. The van der Waals surface area contributed by atoms with Crippen molar-refractivity contribution >= 4 is 43.9 Å². The van der Waals surface area contributed by atoms with Crippen LogP contribution in [0.4, 0.5) is 23.1 Å². The molecule has 0 saturated carbocycles. The molecule has 0 aliphatic rings. The number of sulfone groups is 1. The Kier molecular flexibility index (Phi) is 6.27. The topological polar surface area (TPSA) is 162 Å². The summed E-state index contributed by atoms with van der Waals surface area (Å²) < 4.78 is 25.4. The van der Waals surface area contributed by atoms with Crippen molar-refractivity contribution in [3.63, 3.8) is 0 Å². The first-order valence-electron chi connectivity index (χ1n) is 9.97. The number of aromatic nitrogens is 2. The van der Waals surface area contributed by atoms with Crippen molar-refractivity contribution in [3.8, 4) is 0 Å². The highest BCUT2D eigenvalue weighted by atomic mass is 32.2. The van der Waals surface area contributed by atoms with Crippen molar-refractivity contribution in [3.05, 3.63) is 72.3 Å². The van der Waals surface area contributed by atoms with Gasteiger partial charge in [0, 0.05) is 6.54 Å². The van der Waals surface area contributed by atoms with Gasteiger partial charge in [0.25, 0.3) is 0 Å². The molecule has 10 nitrogen and oxygen atoms in total. The maximum Gasteiger partial charge on any atom is 0.222 e. The van der Waals surface area contributed by atoms with Crippen molar-refractivity contribution in [2.24, 2.45) is 0 Å². The van der Waals surface area contributed by atoms with Crippen LogP contribution >= 0.6 is 0 Å². The molecule has 0 fully saturated rings. The molecule has 4 aromatic rings. The zero-order valence-corrected chi connectivity index (χ0v) is 18.2. The summed E-state index contributed by atoms with van der Waals surface area (Å²) in [5.74, 6) is 0.0225. The quantitative estimate of drug-likeness (QED) is 0.212. The SMILES string of the molecule is Nc1nc(NO)c2c(NO)c(NCCc3ccc(S(=O)(=O)c4ccccc4)cc3)ccc2n1. The number of rotatable bonds is 8. The first-order valence-corrected chi connectivity index (χ1v) is 11.5. The molecule has 7 N–H and O–H groups in total. The van der Waals surface area contributed by atoms with Crippen LogP contribution in [-0.2, 0) is 16.3 Å². The Morgan fingerprint density at radius 2 is 1.55 bits per heavy atom. The summed E-state index contributed by atoms with van der Waals surface area (Å²) in [6.07, 6.45) is 0.595. The van der Waals surface area contributed by atoms with Crippen LogP contribution in [0.15, 0.2) is 76.5 Å². The van der Waals surface area contributed by atoms with Gasteiger partial charge in [-0.1, -0.05) is 30.3 Å². The summed E-state index contributed by atoms with van der Waals surface area (Å²) in [4.78, 5) is 8.51.